The lowest BCUT2D eigenvalue weighted by Crippen LogP contribution is -2.38. The third-order valence-corrected chi connectivity index (χ3v) is 5.00. The maximum absolute atomic E-state index is 8.93. The lowest BCUT2D eigenvalue weighted by Gasteiger charge is -2.26. The Hall–Kier alpha value is 0.270. The van der Waals surface area contributed by atoms with E-state index < -0.39 is 0 Å². The van der Waals surface area contributed by atoms with Crippen molar-refractivity contribution in [3.63, 3.8) is 0 Å². The number of hydrogen-bond donors (Lipinski definition) is 2. The molecule has 1 fully saturated rings. The summed E-state index contributed by atoms with van der Waals surface area (Å²) in [6.07, 6.45) is 2.47. The molecule has 3 unspecified atom stereocenters. The first-order chi connectivity index (χ1) is 6.47. The highest BCUT2D eigenvalue weighted by Crippen LogP contribution is 2.41. The lowest BCUT2D eigenvalue weighted by atomic mass is 9.88. The molecule has 0 bridgehead atoms. The molecule has 0 radical (unpaired) electrons. The van der Waals surface area contributed by atoms with E-state index in [1.54, 1.807) is 0 Å². The van der Waals surface area contributed by atoms with Crippen LogP contribution in [0.3, 0.4) is 0 Å². The van der Waals surface area contributed by atoms with E-state index in [1.807, 2.05) is 11.8 Å². The molecule has 3 heteroatoms. The lowest BCUT2D eigenvalue weighted by molar-refractivity contribution is 0.250. The zero-order chi connectivity index (χ0) is 10.8. The van der Waals surface area contributed by atoms with Crippen LogP contribution in [-0.2, 0) is 0 Å². The van der Waals surface area contributed by atoms with Gasteiger partial charge in [-0.05, 0) is 29.9 Å². The highest BCUT2D eigenvalue weighted by molar-refractivity contribution is 7.99. The van der Waals surface area contributed by atoms with Crippen molar-refractivity contribution in [2.45, 2.75) is 44.9 Å². The van der Waals surface area contributed by atoms with Crippen molar-refractivity contribution in [3.05, 3.63) is 0 Å². The molecule has 3 N–H and O–H groups in total. The van der Waals surface area contributed by atoms with Crippen LogP contribution in [0.2, 0.25) is 0 Å². The quantitative estimate of drug-likeness (QED) is 0.755. The van der Waals surface area contributed by atoms with Gasteiger partial charge in [0.1, 0.15) is 0 Å². The minimum atomic E-state index is 0.290. The minimum absolute atomic E-state index is 0.290. The van der Waals surface area contributed by atoms with E-state index in [0.29, 0.717) is 29.2 Å². The van der Waals surface area contributed by atoms with Gasteiger partial charge in [0, 0.05) is 17.9 Å². The summed E-state index contributed by atoms with van der Waals surface area (Å²) >= 11 is 1.94. The van der Waals surface area contributed by atoms with Gasteiger partial charge in [0.15, 0.2) is 0 Å². The standard InChI is InChI=1S/C11H23NOS/c1-8(6-13)7-14-9-4-5-11(2,3)10(9)12/h8-10,13H,4-7,12H2,1-3H3. The van der Waals surface area contributed by atoms with Crippen LogP contribution in [0.15, 0.2) is 0 Å². The molecule has 0 aromatic rings. The first-order valence-electron chi connectivity index (χ1n) is 5.45. The first-order valence-corrected chi connectivity index (χ1v) is 6.50. The van der Waals surface area contributed by atoms with Crippen molar-refractivity contribution in [1.29, 1.82) is 0 Å². The van der Waals surface area contributed by atoms with Gasteiger partial charge in [0.2, 0.25) is 0 Å². The highest BCUT2D eigenvalue weighted by Gasteiger charge is 2.39. The number of thioether (sulfide) groups is 1. The summed E-state index contributed by atoms with van der Waals surface area (Å²) in [6, 6.07) is 0.318. The van der Waals surface area contributed by atoms with Crippen molar-refractivity contribution < 1.29 is 5.11 Å². The molecule has 0 aliphatic heterocycles. The SMILES string of the molecule is CC(CO)CSC1CCC(C)(C)C1N. The Balaban J connectivity index is 2.34. The monoisotopic (exact) mass is 217 g/mol. The van der Waals surface area contributed by atoms with Crippen molar-refractivity contribution in [2.75, 3.05) is 12.4 Å². The van der Waals surface area contributed by atoms with E-state index in [2.05, 4.69) is 20.8 Å². The Labute approximate surface area is 91.6 Å². The highest BCUT2D eigenvalue weighted by atomic mass is 32.2. The summed E-state index contributed by atoms with van der Waals surface area (Å²) in [5.41, 5.74) is 6.51. The Kier molecular flexibility index (Phi) is 4.29. The number of nitrogens with two attached hydrogens (primary N) is 1. The van der Waals surface area contributed by atoms with Gasteiger partial charge in [0.25, 0.3) is 0 Å². The van der Waals surface area contributed by atoms with Gasteiger partial charge in [-0.1, -0.05) is 20.8 Å². The normalized spacial score (nSPS) is 33.2. The zero-order valence-corrected chi connectivity index (χ0v) is 10.3. The Bertz CT molecular complexity index is 184. The van der Waals surface area contributed by atoms with Gasteiger partial charge in [-0.3, -0.25) is 0 Å². The molecule has 0 spiro atoms. The molecule has 0 aromatic carbocycles. The van der Waals surface area contributed by atoms with Crippen LogP contribution in [-0.4, -0.2) is 28.8 Å². The molecule has 1 aliphatic carbocycles. The van der Waals surface area contributed by atoms with Gasteiger partial charge < -0.3 is 10.8 Å². The zero-order valence-electron chi connectivity index (χ0n) is 9.49. The molecular weight excluding hydrogens is 194 g/mol. The molecule has 0 saturated heterocycles. The molecule has 1 saturated carbocycles. The summed E-state index contributed by atoms with van der Waals surface area (Å²) < 4.78 is 0. The van der Waals surface area contributed by atoms with Gasteiger partial charge in [-0.15, -0.1) is 0 Å². The number of hydrogen-bond acceptors (Lipinski definition) is 3. The van der Waals surface area contributed by atoms with Crippen LogP contribution in [0.1, 0.15) is 33.6 Å². The van der Waals surface area contributed by atoms with E-state index in [1.165, 1.54) is 12.8 Å². The van der Waals surface area contributed by atoms with Gasteiger partial charge in [0.05, 0.1) is 0 Å². The molecule has 84 valence electrons. The average molecular weight is 217 g/mol. The predicted molar refractivity (Wildman–Crippen MR) is 63.5 cm³/mol. The van der Waals surface area contributed by atoms with Crippen LogP contribution in [0, 0.1) is 11.3 Å². The fourth-order valence-electron chi connectivity index (χ4n) is 1.89. The molecule has 0 aromatic heterocycles. The third-order valence-electron chi connectivity index (χ3n) is 3.28. The van der Waals surface area contributed by atoms with E-state index >= 15 is 0 Å². The summed E-state index contributed by atoms with van der Waals surface area (Å²) in [5, 5.41) is 9.53. The number of aliphatic hydroxyl groups is 1. The van der Waals surface area contributed by atoms with Crippen molar-refractivity contribution in [1.82, 2.24) is 0 Å². The van der Waals surface area contributed by atoms with Crippen LogP contribution in [0.4, 0.5) is 0 Å². The van der Waals surface area contributed by atoms with Crippen molar-refractivity contribution in [2.24, 2.45) is 17.1 Å². The van der Waals surface area contributed by atoms with Crippen LogP contribution in [0.25, 0.3) is 0 Å². The summed E-state index contributed by atoms with van der Waals surface area (Å²) in [6.45, 7) is 6.89. The van der Waals surface area contributed by atoms with E-state index in [0.717, 1.165) is 5.75 Å². The van der Waals surface area contributed by atoms with Crippen LogP contribution >= 0.6 is 11.8 Å². The maximum atomic E-state index is 8.93. The van der Waals surface area contributed by atoms with Gasteiger partial charge in [-0.25, -0.2) is 0 Å². The molecule has 1 aliphatic rings. The first kappa shape index (κ1) is 12.3. The molecule has 1 rings (SSSR count). The summed E-state index contributed by atoms with van der Waals surface area (Å²) in [7, 11) is 0. The number of rotatable bonds is 4. The molecule has 14 heavy (non-hydrogen) atoms. The Morgan fingerprint density at radius 3 is 2.64 bits per heavy atom. The molecule has 2 nitrogen and oxygen atoms in total. The van der Waals surface area contributed by atoms with E-state index in [-0.39, 0.29) is 0 Å². The summed E-state index contributed by atoms with van der Waals surface area (Å²) in [5.74, 6) is 1.43. The van der Waals surface area contributed by atoms with Crippen LogP contribution in [0.5, 0.6) is 0 Å². The predicted octanol–water partition coefficient (Wildman–Crippen LogP) is 1.86. The molecule has 3 atom stereocenters. The minimum Gasteiger partial charge on any atom is -0.396 e. The van der Waals surface area contributed by atoms with Gasteiger partial charge >= 0.3 is 0 Å². The average Bonchev–Trinajstić information content (AvgIpc) is 2.40. The smallest absolute Gasteiger partial charge is 0.0464 e. The fraction of sp³-hybridized carbons (Fsp3) is 1.00. The fourth-order valence-corrected chi connectivity index (χ4v) is 3.43. The Morgan fingerprint density at radius 1 is 1.57 bits per heavy atom. The maximum Gasteiger partial charge on any atom is 0.0464 e. The second kappa shape index (κ2) is 4.86. The third kappa shape index (κ3) is 2.88. The second-order valence-corrected chi connectivity index (χ2v) is 6.48. The Morgan fingerprint density at radius 2 is 2.21 bits per heavy atom. The topological polar surface area (TPSA) is 46.2 Å². The van der Waals surface area contributed by atoms with Crippen molar-refractivity contribution in [3.8, 4) is 0 Å². The van der Waals surface area contributed by atoms with E-state index in [9.17, 15) is 0 Å². The van der Waals surface area contributed by atoms with Crippen LogP contribution < -0.4 is 5.73 Å². The van der Waals surface area contributed by atoms with Crippen molar-refractivity contribution >= 4 is 11.8 Å². The number of aliphatic hydroxyl groups excluding tert-OH is 1. The summed E-state index contributed by atoms with van der Waals surface area (Å²) in [4.78, 5) is 0. The van der Waals surface area contributed by atoms with Gasteiger partial charge in [-0.2, -0.15) is 11.8 Å². The second-order valence-electron chi connectivity index (χ2n) is 5.21. The largest absolute Gasteiger partial charge is 0.396 e. The van der Waals surface area contributed by atoms with E-state index in [4.69, 9.17) is 10.8 Å². The molecule has 0 heterocycles. The molecular formula is C11H23NOS. The molecule has 0 amide bonds.